The Labute approximate surface area is 190 Å². The zero-order chi connectivity index (χ0) is 22.9. The van der Waals surface area contributed by atoms with E-state index in [9.17, 15) is 9.18 Å². The van der Waals surface area contributed by atoms with Gasteiger partial charge in [0.1, 0.15) is 11.0 Å². The summed E-state index contributed by atoms with van der Waals surface area (Å²) in [6.45, 7) is 6.56. The lowest BCUT2D eigenvalue weighted by Gasteiger charge is -2.33. The van der Waals surface area contributed by atoms with Crippen molar-refractivity contribution in [3.05, 3.63) is 54.1 Å². The summed E-state index contributed by atoms with van der Waals surface area (Å²) in [6.07, 6.45) is 10.0. The first-order chi connectivity index (χ1) is 16.0. The number of carbonyl (C=O) groups is 1. The van der Waals surface area contributed by atoms with Crippen molar-refractivity contribution in [2.45, 2.75) is 32.7 Å². The Bertz CT molecular complexity index is 1330. The summed E-state index contributed by atoms with van der Waals surface area (Å²) in [4.78, 5) is 32.9. The SMILES string of the molecule is CCNC1CCN(c2ncc(C(=O)Nc3cc(F)c4nc(C)cn4c3)c3nccnc23)CC1. The van der Waals surface area contributed by atoms with Crippen LogP contribution in [0.3, 0.4) is 0 Å². The fourth-order valence-electron chi connectivity index (χ4n) is 4.37. The van der Waals surface area contributed by atoms with Gasteiger partial charge in [0.05, 0.1) is 16.9 Å². The molecule has 0 aliphatic carbocycles. The molecule has 5 heterocycles. The third kappa shape index (κ3) is 4.09. The van der Waals surface area contributed by atoms with Crippen molar-refractivity contribution in [3.8, 4) is 0 Å². The summed E-state index contributed by atoms with van der Waals surface area (Å²) in [5.41, 5.74) is 2.55. The number of aryl methyl sites for hydroxylation is 1. The van der Waals surface area contributed by atoms with Gasteiger partial charge in [0.15, 0.2) is 17.3 Å². The van der Waals surface area contributed by atoms with Crippen molar-refractivity contribution in [3.63, 3.8) is 0 Å². The van der Waals surface area contributed by atoms with E-state index in [4.69, 9.17) is 0 Å². The molecule has 1 saturated heterocycles. The molecule has 4 aromatic heterocycles. The van der Waals surface area contributed by atoms with E-state index in [0.29, 0.717) is 28.5 Å². The minimum Gasteiger partial charge on any atom is -0.355 e. The van der Waals surface area contributed by atoms with Gasteiger partial charge < -0.3 is 19.9 Å². The lowest BCUT2D eigenvalue weighted by molar-refractivity contribution is 0.102. The number of anilines is 2. The van der Waals surface area contributed by atoms with E-state index in [2.05, 4.69) is 42.4 Å². The third-order valence-corrected chi connectivity index (χ3v) is 5.90. The molecule has 2 N–H and O–H groups in total. The van der Waals surface area contributed by atoms with E-state index in [0.717, 1.165) is 38.3 Å². The third-order valence-electron chi connectivity index (χ3n) is 5.90. The number of rotatable bonds is 5. The molecule has 170 valence electrons. The number of amides is 1. The number of pyridine rings is 2. The highest BCUT2D eigenvalue weighted by Crippen LogP contribution is 2.27. The molecule has 0 aromatic carbocycles. The van der Waals surface area contributed by atoms with Crippen LogP contribution in [0.4, 0.5) is 15.9 Å². The van der Waals surface area contributed by atoms with E-state index >= 15 is 0 Å². The molecule has 1 amide bonds. The topological polar surface area (TPSA) is 100 Å². The number of imidazole rings is 1. The highest BCUT2D eigenvalue weighted by molar-refractivity contribution is 6.12. The summed E-state index contributed by atoms with van der Waals surface area (Å²) in [6, 6.07) is 1.76. The van der Waals surface area contributed by atoms with Crippen LogP contribution in [0.15, 0.2) is 37.1 Å². The van der Waals surface area contributed by atoms with Gasteiger partial charge in [-0.3, -0.25) is 9.78 Å². The molecule has 0 unspecified atom stereocenters. The minimum absolute atomic E-state index is 0.214. The highest BCUT2D eigenvalue weighted by atomic mass is 19.1. The lowest BCUT2D eigenvalue weighted by atomic mass is 10.0. The first kappa shape index (κ1) is 21.2. The Morgan fingerprint density at radius 1 is 1.15 bits per heavy atom. The second kappa shape index (κ2) is 8.70. The van der Waals surface area contributed by atoms with Crippen LogP contribution in [-0.4, -0.2) is 55.9 Å². The lowest BCUT2D eigenvalue weighted by Crippen LogP contribution is -2.42. The first-order valence-corrected chi connectivity index (χ1v) is 11.1. The molecule has 0 bridgehead atoms. The molecule has 0 saturated carbocycles. The van der Waals surface area contributed by atoms with Crippen LogP contribution in [0.25, 0.3) is 16.7 Å². The largest absolute Gasteiger partial charge is 0.355 e. The number of halogens is 1. The Morgan fingerprint density at radius 3 is 2.67 bits per heavy atom. The molecule has 4 aromatic rings. The highest BCUT2D eigenvalue weighted by Gasteiger charge is 2.24. The van der Waals surface area contributed by atoms with Gasteiger partial charge in [0, 0.05) is 56.2 Å². The molecule has 0 spiro atoms. The summed E-state index contributed by atoms with van der Waals surface area (Å²) < 4.78 is 16.0. The molecular formula is C23H25FN8O. The van der Waals surface area contributed by atoms with Gasteiger partial charge in [-0.1, -0.05) is 6.92 Å². The Kier molecular flexibility index (Phi) is 5.59. The van der Waals surface area contributed by atoms with Crippen LogP contribution in [0.2, 0.25) is 0 Å². The normalized spacial score (nSPS) is 14.8. The fourth-order valence-corrected chi connectivity index (χ4v) is 4.37. The molecule has 5 rings (SSSR count). The number of aromatic nitrogens is 5. The van der Waals surface area contributed by atoms with Crippen molar-refractivity contribution < 1.29 is 9.18 Å². The van der Waals surface area contributed by atoms with E-state index in [1.807, 2.05) is 0 Å². The zero-order valence-corrected chi connectivity index (χ0v) is 18.5. The Morgan fingerprint density at radius 2 is 1.91 bits per heavy atom. The number of nitrogens with zero attached hydrogens (tertiary/aromatic N) is 6. The maximum absolute atomic E-state index is 14.4. The second-order valence-electron chi connectivity index (χ2n) is 8.21. The van der Waals surface area contributed by atoms with Crippen molar-refractivity contribution in [1.82, 2.24) is 29.7 Å². The zero-order valence-electron chi connectivity index (χ0n) is 18.5. The van der Waals surface area contributed by atoms with Crippen LogP contribution in [-0.2, 0) is 0 Å². The van der Waals surface area contributed by atoms with Gasteiger partial charge in [0.2, 0.25) is 0 Å². The standard InChI is InChI=1S/C23H25FN8O/c1-3-25-15-4-8-31(9-5-15)22-20-19(26-6-7-27-20)17(11-28-22)23(33)30-16-10-18(24)21-29-14(2)12-32(21)13-16/h6-7,10-13,15,25H,3-5,8-9H2,1-2H3,(H,30,33). The van der Waals surface area contributed by atoms with Crippen molar-refractivity contribution >= 4 is 34.1 Å². The molecule has 0 radical (unpaired) electrons. The van der Waals surface area contributed by atoms with Gasteiger partial charge in [-0.25, -0.2) is 19.3 Å². The van der Waals surface area contributed by atoms with Gasteiger partial charge in [-0.2, -0.15) is 0 Å². The molecule has 1 fully saturated rings. The summed E-state index contributed by atoms with van der Waals surface area (Å²) in [5.74, 6) is -0.216. The average molecular weight is 449 g/mol. The van der Waals surface area contributed by atoms with Gasteiger partial charge in [0.25, 0.3) is 5.91 Å². The van der Waals surface area contributed by atoms with Crippen molar-refractivity contribution in [2.24, 2.45) is 0 Å². The Hall–Kier alpha value is -3.66. The van der Waals surface area contributed by atoms with Crippen molar-refractivity contribution in [1.29, 1.82) is 0 Å². The monoisotopic (exact) mass is 448 g/mol. The number of carbonyl (C=O) groups excluding carboxylic acids is 1. The predicted molar refractivity (Wildman–Crippen MR) is 124 cm³/mol. The number of hydrogen-bond donors (Lipinski definition) is 2. The van der Waals surface area contributed by atoms with Crippen LogP contribution in [0.5, 0.6) is 0 Å². The quantitative estimate of drug-likeness (QED) is 0.484. The minimum atomic E-state index is -0.514. The van der Waals surface area contributed by atoms with E-state index in [1.54, 1.807) is 36.1 Å². The smallest absolute Gasteiger partial charge is 0.259 e. The molecule has 33 heavy (non-hydrogen) atoms. The van der Waals surface area contributed by atoms with E-state index in [-0.39, 0.29) is 11.2 Å². The second-order valence-corrected chi connectivity index (χ2v) is 8.21. The van der Waals surface area contributed by atoms with Crippen LogP contribution in [0.1, 0.15) is 35.8 Å². The molecule has 1 aliphatic heterocycles. The Balaban J connectivity index is 1.43. The molecule has 10 heteroatoms. The number of fused-ring (bicyclic) bond motifs is 2. The number of hydrogen-bond acceptors (Lipinski definition) is 7. The van der Waals surface area contributed by atoms with Crippen LogP contribution in [0, 0.1) is 12.7 Å². The predicted octanol–water partition coefficient (Wildman–Crippen LogP) is 2.95. The summed E-state index contributed by atoms with van der Waals surface area (Å²) in [7, 11) is 0. The van der Waals surface area contributed by atoms with Crippen LogP contribution >= 0.6 is 0 Å². The summed E-state index contributed by atoms with van der Waals surface area (Å²) in [5, 5.41) is 6.25. The molecule has 9 nitrogen and oxygen atoms in total. The fraction of sp³-hybridized carbons (Fsp3) is 0.348. The first-order valence-electron chi connectivity index (χ1n) is 11.1. The van der Waals surface area contributed by atoms with E-state index < -0.39 is 11.7 Å². The maximum atomic E-state index is 14.4. The van der Waals surface area contributed by atoms with Crippen LogP contribution < -0.4 is 15.5 Å². The number of nitrogens with one attached hydrogen (secondary N) is 2. The van der Waals surface area contributed by atoms with E-state index in [1.165, 1.54) is 12.3 Å². The maximum Gasteiger partial charge on any atom is 0.259 e. The van der Waals surface area contributed by atoms with Gasteiger partial charge in [-0.05, 0) is 26.3 Å². The summed E-state index contributed by atoms with van der Waals surface area (Å²) >= 11 is 0. The van der Waals surface area contributed by atoms with Gasteiger partial charge in [-0.15, -0.1) is 0 Å². The molecule has 1 aliphatic rings. The van der Waals surface area contributed by atoms with Crippen molar-refractivity contribution in [2.75, 3.05) is 29.9 Å². The number of piperidine rings is 1. The average Bonchev–Trinajstić information content (AvgIpc) is 3.20. The van der Waals surface area contributed by atoms with Gasteiger partial charge >= 0.3 is 0 Å². The molecule has 0 atom stereocenters. The molecular weight excluding hydrogens is 423 g/mol.